The minimum atomic E-state index is -2.01. The lowest BCUT2D eigenvalue weighted by molar-refractivity contribution is -0.155. The number of amides is 2. The standard InChI is InChI=1S/C15H18N2O5/c1-8-9(2)22-12-5-4-10(6-11(8)12)17-14(20)16-7-15(3,21)13(18)19/h4-6,21H,7H2,1-3H3,(H,18,19)(H2,16,17,20). The molecule has 0 fully saturated rings. The van der Waals surface area contributed by atoms with Gasteiger partial charge in [0, 0.05) is 11.1 Å². The average molecular weight is 306 g/mol. The van der Waals surface area contributed by atoms with Crippen LogP contribution in [-0.4, -0.2) is 34.4 Å². The Balaban J connectivity index is 2.06. The summed E-state index contributed by atoms with van der Waals surface area (Å²) in [4.78, 5) is 22.5. The number of furan rings is 1. The second-order valence-electron chi connectivity index (χ2n) is 5.38. The van der Waals surface area contributed by atoms with Gasteiger partial charge in [-0.2, -0.15) is 0 Å². The molecule has 1 heterocycles. The molecule has 22 heavy (non-hydrogen) atoms. The topological polar surface area (TPSA) is 112 Å². The molecular formula is C15H18N2O5. The number of carboxylic acids is 1. The molecule has 1 unspecified atom stereocenters. The number of urea groups is 1. The third-order valence-corrected chi connectivity index (χ3v) is 3.49. The molecule has 0 bridgehead atoms. The molecular weight excluding hydrogens is 288 g/mol. The zero-order valence-electron chi connectivity index (χ0n) is 12.6. The highest BCUT2D eigenvalue weighted by Crippen LogP contribution is 2.27. The van der Waals surface area contributed by atoms with Gasteiger partial charge in [0.1, 0.15) is 11.3 Å². The number of carboxylic acid groups (broad SMARTS) is 1. The van der Waals surface area contributed by atoms with Crippen molar-refractivity contribution in [2.75, 3.05) is 11.9 Å². The minimum absolute atomic E-state index is 0.403. The van der Waals surface area contributed by atoms with Crippen LogP contribution in [0.4, 0.5) is 10.5 Å². The number of aryl methyl sites for hydroxylation is 2. The van der Waals surface area contributed by atoms with Gasteiger partial charge in [0.2, 0.25) is 0 Å². The quantitative estimate of drug-likeness (QED) is 0.690. The Bertz CT molecular complexity index is 733. The first kappa shape index (κ1) is 15.8. The van der Waals surface area contributed by atoms with Crippen LogP contribution in [0.15, 0.2) is 22.6 Å². The molecule has 1 atom stereocenters. The zero-order valence-corrected chi connectivity index (χ0v) is 12.6. The Kier molecular flexibility index (Phi) is 4.09. The molecule has 0 spiro atoms. The van der Waals surface area contributed by atoms with E-state index in [0.717, 1.165) is 29.2 Å². The van der Waals surface area contributed by atoms with E-state index in [-0.39, 0.29) is 0 Å². The summed E-state index contributed by atoms with van der Waals surface area (Å²) in [5, 5.41) is 24.1. The highest BCUT2D eigenvalue weighted by molar-refractivity contribution is 5.93. The van der Waals surface area contributed by atoms with Gasteiger partial charge in [-0.1, -0.05) is 0 Å². The van der Waals surface area contributed by atoms with Crippen LogP contribution in [0.2, 0.25) is 0 Å². The number of anilines is 1. The Morgan fingerprint density at radius 2 is 2.00 bits per heavy atom. The summed E-state index contributed by atoms with van der Waals surface area (Å²) in [6.45, 7) is 4.50. The molecule has 0 radical (unpaired) electrons. The van der Waals surface area contributed by atoms with E-state index in [1.807, 2.05) is 13.8 Å². The van der Waals surface area contributed by atoms with E-state index in [4.69, 9.17) is 9.52 Å². The zero-order chi connectivity index (χ0) is 16.5. The van der Waals surface area contributed by atoms with Gasteiger partial charge in [0.15, 0.2) is 5.60 Å². The van der Waals surface area contributed by atoms with Gasteiger partial charge >= 0.3 is 12.0 Å². The summed E-state index contributed by atoms with van der Waals surface area (Å²) in [6, 6.07) is 4.60. The lowest BCUT2D eigenvalue weighted by Crippen LogP contribution is -2.47. The second kappa shape index (κ2) is 5.69. The van der Waals surface area contributed by atoms with E-state index in [9.17, 15) is 14.7 Å². The number of hydrogen-bond acceptors (Lipinski definition) is 4. The molecule has 7 heteroatoms. The maximum atomic E-state index is 11.8. The number of nitrogens with one attached hydrogen (secondary N) is 2. The number of rotatable bonds is 4. The highest BCUT2D eigenvalue weighted by Gasteiger charge is 2.30. The number of fused-ring (bicyclic) bond motifs is 1. The van der Waals surface area contributed by atoms with Gasteiger partial charge in [-0.15, -0.1) is 0 Å². The van der Waals surface area contributed by atoms with Crippen molar-refractivity contribution < 1.29 is 24.2 Å². The molecule has 1 aromatic heterocycles. The van der Waals surface area contributed by atoms with Crippen LogP contribution in [-0.2, 0) is 4.79 Å². The van der Waals surface area contributed by atoms with Gasteiger partial charge < -0.3 is 25.3 Å². The predicted octanol–water partition coefficient (Wildman–Crippen LogP) is 2.01. The fourth-order valence-electron chi connectivity index (χ4n) is 1.92. The van der Waals surface area contributed by atoms with E-state index < -0.39 is 24.1 Å². The summed E-state index contributed by atoms with van der Waals surface area (Å²) in [7, 11) is 0. The normalized spacial score (nSPS) is 13.6. The minimum Gasteiger partial charge on any atom is -0.479 e. The number of aliphatic hydroxyl groups is 1. The van der Waals surface area contributed by atoms with Crippen LogP contribution in [0.5, 0.6) is 0 Å². The van der Waals surface area contributed by atoms with Crippen molar-refractivity contribution >= 4 is 28.7 Å². The smallest absolute Gasteiger partial charge is 0.337 e. The number of carbonyl (C=O) groups is 2. The van der Waals surface area contributed by atoms with E-state index in [1.165, 1.54) is 0 Å². The first-order valence-corrected chi connectivity index (χ1v) is 6.71. The van der Waals surface area contributed by atoms with Gasteiger partial charge in [-0.05, 0) is 44.5 Å². The average Bonchev–Trinajstić information content (AvgIpc) is 2.72. The summed E-state index contributed by atoms with van der Waals surface area (Å²) in [5.74, 6) is -0.590. The molecule has 0 aliphatic heterocycles. The summed E-state index contributed by atoms with van der Waals surface area (Å²) >= 11 is 0. The van der Waals surface area contributed by atoms with Crippen molar-refractivity contribution in [1.29, 1.82) is 0 Å². The molecule has 2 rings (SSSR count). The van der Waals surface area contributed by atoms with Crippen LogP contribution in [0.25, 0.3) is 11.0 Å². The van der Waals surface area contributed by atoms with E-state index in [0.29, 0.717) is 5.69 Å². The number of aliphatic carboxylic acids is 1. The number of carbonyl (C=O) groups excluding carboxylic acids is 1. The second-order valence-corrected chi connectivity index (χ2v) is 5.38. The molecule has 1 aromatic carbocycles. The Morgan fingerprint density at radius 1 is 1.32 bits per heavy atom. The monoisotopic (exact) mass is 306 g/mol. The lowest BCUT2D eigenvalue weighted by atomic mass is 10.1. The number of benzene rings is 1. The molecule has 0 aliphatic carbocycles. The van der Waals surface area contributed by atoms with Gasteiger partial charge in [0.25, 0.3) is 0 Å². The van der Waals surface area contributed by atoms with Crippen molar-refractivity contribution in [3.8, 4) is 0 Å². The lowest BCUT2D eigenvalue weighted by Gasteiger charge is -2.18. The third kappa shape index (κ3) is 3.20. The van der Waals surface area contributed by atoms with Gasteiger partial charge in [0.05, 0.1) is 6.54 Å². The molecule has 7 nitrogen and oxygen atoms in total. The fraction of sp³-hybridized carbons (Fsp3) is 0.333. The van der Waals surface area contributed by atoms with Crippen LogP contribution < -0.4 is 10.6 Å². The Hall–Kier alpha value is -2.54. The van der Waals surface area contributed by atoms with Crippen LogP contribution in [0, 0.1) is 13.8 Å². The molecule has 0 saturated carbocycles. The van der Waals surface area contributed by atoms with Crippen LogP contribution in [0.1, 0.15) is 18.2 Å². The highest BCUT2D eigenvalue weighted by atomic mass is 16.4. The summed E-state index contributed by atoms with van der Waals surface area (Å²) < 4.78 is 5.55. The first-order chi connectivity index (χ1) is 10.2. The maximum Gasteiger partial charge on any atom is 0.337 e. The van der Waals surface area contributed by atoms with E-state index in [1.54, 1.807) is 18.2 Å². The molecule has 0 saturated heterocycles. The first-order valence-electron chi connectivity index (χ1n) is 6.71. The van der Waals surface area contributed by atoms with Crippen molar-refractivity contribution in [1.82, 2.24) is 5.32 Å². The van der Waals surface area contributed by atoms with Crippen molar-refractivity contribution in [2.24, 2.45) is 0 Å². The maximum absolute atomic E-state index is 11.8. The largest absolute Gasteiger partial charge is 0.479 e. The SMILES string of the molecule is Cc1oc2ccc(NC(=O)NCC(C)(O)C(=O)O)cc2c1C. The molecule has 2 amide bonds. The van der Waals surface area contributed by atoms with Crippen LogP contribution >= 0.6 is 0 Å². The van der Waals surface area contributed by atoms with Crippen molar-refractivity contribution in [3.05, 3.63) is 29.5 Å². The van der Waals surface area contributed by atoms with E-state index >= 15 is 0 Å². The third-order valence-electron chi connectivity index (χ3n) is 3.49. The number of hydrogen-bond donors (Lipinski definition) is 4. The molecule has 0 aliphatic rings. The predicted molar refractivity (Wildman–Crippen MR) is 81.0 cm³/mol. The molecule has 118 valence electrons. The van der Waals surface area contributed by atoms with Gasteiger partial charge in [-0.25, -0.2) is 9.59 Å². The van der Waals surface area contributed by atoms with Crippen LogP contribution in [0.3, 0.4) is 0 Å². The molecule has 4 N–H and O–H groups in total. The van der Waals surface area contributed by atoms with E-state index in [2.05, 4.69) is 10.6 Å². The van der Waals surface area contributed by atoms with Gasteiger partial charge in [-0.3, -0.25) is 0 Å². The molecule has 2 aromatic rings. The Morgan fingerprint density at radius 3 is 2.64 bits per heavy atom. The Labute approximate surface area is 126 Å². The van der Waals surface area contributed by atoms with Crippen molar-refractivity contribution in [3.63, 3.8) is 0 Å². The summed E-state index contributed by atoms with van der Waals surface area (Å²) in [6.07, 6.45) is 0. The fourth-order valence-corrected chi connectivity index (χ4v) is 1.92. The van der Waals surface area contributed by atoms with Crippen molar-refractivity contribution in [2.45, 2.75) is 26.4 Å². The summed E-state index contributed by atoms with van der Waals surface area (Å²) in [5.41, 5.74) is 0.256.